The van der Waals surface area contributed by atoms with Crippen molar-refractivity contribution in [2.75, 3.05) is 14.2 Å². The van der Waals surface area contributed by atoms with Gasteiger partial charge < -0.3 is 28.5 Å². The molecule has 0 amide bonds. The topological polar surface area (TPSA) is 139 Å². The van der Waals surface area contributed by atoms with Gasteiger partial charge in [-0.05, 0) is 42.7 Å². The maximum Gasteiger partial charge on any atom is 0.310 e. The Bertz CT molecular complexity index is 1350. The molecule has 1 aromatic rings. The summed E-state index contributed by atoms with van der Waals surface area (Å²) in [6.07, 6.45) is 2.30. The number of carbonyl (C=O) groups is 4. The summed E-state index contributed by atoms with van der Waals surface area (Å²) in [5, 5.41) is 12.7. The Morgan fingerprint density at radius 1 is 1.18 bits per heavy atom. The number of hydrogen-bond acceptors (Lipinski definition) is 10. The van der Waals surface area contributed by atoms with Crippen molar-refractivity contribution < 1.29 is 47.6 Å². The fourth-order valence-corrected chi connectivity index (χ4v) is 9.86. The van der Waals surface area contributed by atoms with Gasteiger partial charge in [0.1, 0.15) is 17.8 Å². The molecule has 1 aliphatic heterocycles. The molecule has 2 bridgehead atoms. The third kappa shape index (κ3) is 2.86. The second kappa shape index (κ2) is 8.28. The van der Waals surface area contributed by atoms with E-state index < -0.39 is 75.2 Å². The number of rotatable bonds is 5. The van der Waals surface area contributed by atoms with E-state index in [9.17, 15) is 24.3 Å². The van der Waals surface area contributed by atoms with E-state index in [1.807, 2.05) is 20.8 Å². The van der Waals surface area contributed by atoms with Crippen LogP contribution in [0.2, 0.25) is 0 Å². The van der Waals surface area contributed by atoms with Crippen LogP contribution in [0.5, 0.6) is 0 Å². The van der Waals surface area contributed by atoms with Gasteiger partial charge in [0.25, 0.3) is 0 Å². The summed E-state index contributed by atoms with van der Waals surface area (Å²) in [6, 6.07) is 1.75. The van der Waals surface area contributed by atoms with Gasteiger partial charge in [0, 0.05) is 47.8 Å². The Labute approximate surface area is 232 Å². The first kappa shape index (κ1) is 27.2. The molecule has 6 rings (SSSR count). The van der Waals surface area contributed by atoms with Gasteiger partial charge in [-0.15, -0.1) is 0 Å². The Hall–Kier alpha value is -2.98. The third-order valence-electron chi connectivity index (χ3n) is 11.5. The molecule has 9 atom stereocenters. The van der Waals surface area contributed by atoms with E-state index in [1.165, 1.54) is 27.4 Å². The van der Waals surface area contributed by atoms with Crippen molar-refractivity contribution in [1.29, 1.82) is 0 Å². The number of esters is 3. The maximum absolute atomic E-state index is 14.9. The molecule has 1 N–H and O–H groups in total. The van der Waals surface area contributed by atoms with Gasteiger partial charge in [-0.1, -0.05) is 20.8 Å². The zero-order valence-electron chi connectivity index (χ0n) is 23.7. The Kier molecular flexibility index (Phi) is 5.63. The van der Waals surface area contributed by atoms with E-state index in [0.717, 1.165) is 0 Å². The van der Waals surface area contributed by atoms with Crippen LogP contribution in [0.25, 0.3) is 0 Å². The molecule has 0 radical (unpaired) electrons. The fourth-order valence-electron chi connectivity index (χ4n) is 9.86. The number of aliphatic hydroxyl groups is 1. The van der Waals surface area contributed by atoms with Crippen LogP contribution >= 0.6 is 0 Å². The van der Waals surface area contributed by atoms with Gasteiger partial charge in [-0.2, -0.15) is 0 Å². The molecule has 4 aliphatic carbocycles. The smallest absolute Gasteiger partial charge is 0.310 e. The zero-order chi connectivity index (χ0) is 29.0. The van der Waals surface area contributed by atoms with Crippen LogP contribution in [-0.4, -0.2) is 60.3 Å². The number of carbonyl (C=O) groups excluding carboxylic acids is 4. The molecule has 40 heavy (non-hydrogen) atoms. The first-order valence-electron chi connectivity index (χ1n) is 13.8. The average Bonchev–Trinajstić information content (AvgIpc) is 3.54. The summed E-state index contributed by atoms with van der Waals surface area (Å²) in [6.45, 7) is 7.01. The van der Waals surface area contributed by atoms with E-state index in [2.05, 4.69) is 0 Å². The van der Waals surface area contributed by atoms with E-state index in [4.69, 9.17) is 23.4 Å². The molecule has 10 heteroatoms. The van der Waals surface area contributed by atoms with Gasteiger partial charge in [0.2, 0.25) is 0 Å². The molecule has 2 heterocycles. The second-order valence-electron chi connectivity index (χ2n) is 12.9. The standard InChI is InChI=1S/C30H36O10/c1-15(31)39-25-27(3)14-29(35)28(4,19(27)12-20(32)36-5)17-7-9-26(2)18(22(17)23(34)30(25,29)37-6)11-21(33)40-24(26)16-8-10-38-13-16/h8,10,13,17,19,24-25,35H,7,9,11-12,14H2,1-6H3/t17-,19-,24-,25-,26+,27-,28+,29+,30+/m0/s1. The fraction of sp³-hybridized carbons (Fsp3) is 0.667. The largest absolute Gasteiger partial charge is 0.472 e. The lowest BCUT2D eigenvalue weighted by Crippen LogP contribution is -2.79. The van der Waals surface area contributed by atoms with Crippen LogP contribution in [0, 0.1) is 28.1 Å². The minimum atomic E-state index is -1.92. The van der Waals surface area contributed by atoms with Crippen LogP contribution in [0.3, 0.4) is 0 Å². The molecule has 216 valence electrons. The van der Waals surface area contributed by atoms with Gasteiger partial charge >= 0.3 is 17.9 Å². The highest BCUT2D eigenvalue weighted by molar-refractivity contribution is 6.08. The number of Topliss-reactive ketones (excluding diaryl/α,β-unsaturated/α-hetero) is 1. The van der Waals surface area contributed by atoms with Gasteiger partial charge in [-0.25, -0.2) is 0 Å². The number of ether oxygens (including phenoxy) is 4. The predicted molar refractivity (Wildman–Crippen MR) is 136 cm³/mol. The van der Waals surface area contributed by atoms with Crippen LogP contribution in [0.1, 0.15) is 71.5 Å². The van der Waals surface area contributed by atoms with E-state index in [-0.39, 0.29) is 19.3 Å². The lowest BCUT2D eigenvalue weighted by atomic mass is 9.41. The number of ketones is 1. The highest BCUT2D eigenvalue weighted by Gasteiger charge is 2.90. The lowest BCUT2D eigenvalue weighted by Gasteiger charge is -2.66. The molecule has 0 unspecified atom stereocenters. The van der Waals surface area contributed by atoms with Crippen molar-refractivity contribution in [3.63, 3.8) is 0 Å². The van der Waals surface area contributed by atoms with Crippen molar-refractivity contribution in [3.05, 3.63) is 35.3 Å². The molecular weight excluding hydrogens is 520 g/mol. The van der Waals surface area contributed by atoms with Crippen molar-refractivity contribution in [1.82, 2.24) is 0 Å². The molecule has 3 saturated carbocycles. The Balaban J connectivity index is 1.63. The third-order valence-corrected chi connectivity index (χ3v) is 11.5. The van der Waals surface area contributed by atoms with Gasteiger partial charge in [0.05, 0.1) is 26.1 Å². The predicted octanol–water partition coefficient (Wildman–Crippen LogP) is 3.22. The van der Waals surface area contributed by atoms with E-state index in [0.29, 0.717) is 29.6 Å². The lowest BCUT2D eigenvalue weighted by molar-refractivity contribution is -0.279. The summed E-state index contributed by atoms with van der Waals surface area (Å²) in [5.74, 6) is -3.00. The van der Waals surface area contributed by atoms with E-state index >= 15 is 0 Å². The summed E-state index contributed by atoms with van der Waals surface area (Å²) >= 11 is 0. The monoisotopic (exact) mass is 556 g/mol. The molecule has 10 nitrogen and oxygen atoms in total. The quantitative estimate of drug-likeness (QED) is 0.425. The Morgan fingerprint density at radius 3 is 2.50 bits per heavy atom. The average molecular weight is 557 g/mol. The summed E-state index contributed by atoms with van der Waals surface area (Å²) in [4.78, 5) is 53.2. The minimum Gasteiger partial charge on any atom is -0.472 e. The molecular formula is C30H36O10. The SMILES string of the molecule is COC(=O)C[C@H]1[C@]2(C)C[C@@]3(O)[C@]1(C)[C@H]1CC[C@]4(C)C(=C1C(=O)[C@@]3(OC)[C@H]2OC(C)=O)CC(=O)O[C@H]4c1ccoc1. The molecule has 0 aromatic carbocycles. The van der Waals surface area contributed by atoms with Crippen molar-refractivity contribution in [2.24, 2.45) is 28.1 Å². The Morgan fingerprint density at radius 2 is 1.90 bits per heavy atom. The molecule has 5 aliphatic rings. The van der Waals surface area contributed by atoms with Crippen LogP contribution in [0.15, 0.2) is 34.2 Å². The van der Waals surface area contributed by atoms with Crippen molar-refractivity contribution >= 4 is 23.7 Å². The summed E-state index contributed by atoms with van der Waals surface area (Å²) in [7, 11) is 2.66. The number of fused-ring (bicyclic) bond motifs is 4. The van der Waals surface area contributed by atoms with Gasteiger partial charge in [-0.3, -0.25) is 19.2 Å². The van der Waals surface area contributed by atoms with Gasteiger partial charge in [0.15, 0.2) is 11.4 Å². The summed E-state index contributed by atoms with van der Waals surface area (Å²) in [5.41, 5.74) is -4.62. The maximum atomic E-state index is 14.9. The number of methoxy groups -OCH3 is 2. The number of hydrogen-bond donors (Lipinski definition) is 1. The molecule has 4 fully saturated rings. The van der Waals surface area contributed by atoms with Crippen LogP contribution in [0.4, 0.5) is 0 Å². The first-order valence-corrected chi connectivity index (χ1v) is 13.8. The second-order valence-corrected chi connectivity index (χ2v) is 12.9. The highest BCUT2D eigenvalue weighted by Crippen LogP contribution is 2.80. The highest BCUT2D eigenvalue weighted by atomic mass is 16.6. The molecule has 1 saturated heterocycles. The van der Waals surface area contributed by atoms with Crippen molar-refractivity contribution in [2.45, 2.75) is 83.2 Å². The minimum absolute atomic E-state index is 0.0341. The van der Waals surface area contributed by atoms with Crippen LogP contribution in [-0.2, 0) is 38.1 Å². The zero-order valence-corrected chi connectivity index (χ0v) is 23.7. The first-order chi connectivity index (χ1) is 18.8. The molecule has 0 spiro atoms. The van der Waals surface area contributed by atoms with Crippen molar-refractivity contribution in [3.8, 4) is 0 Å². The van der Waals surface area contributed by atoms with E-state index in [1.54, 1.807) is 12.3 Å². The van der Waals surface area contributed by atoms with Crippen LogP contribution < -0.4 is 0 Å². The normalized spacial score (nSPS) is 45.1. The number of furan rings is 1. The molecule has 1 aromatic heterocycles. The summed E-state index contributed by atoms with van der Waals surface area (Å²) < 4.78 is 28.2. The number of cyclic esters (lactones) is 1.